The first kappa shape index (κ1) is 14.1. The number of para-hydroxylation sites is 1. The fraction of sp³-hybridized carbons (Fsp3) is 0.188. The third-order valence-corrected chi connectivity index (χ3v) is 2.93. The molecule has 1 amide bonds. The lowest BCUT2D eigenvalue weighted by molar-refractivity contribution is -0.116. The lowest BCUT2D eigenvalue weighted by Gasteiger charge is -2.16. The smallest absolute Gasteiger partial charge is 0.246 e. The molecule has 0 aromatic heterocycles. The van der Waals surface area contributed by atoms with Gasteiger partial charge in [0.05, 0.1) is 5.69 Å². The van der Waals surface area contributed by atoms with E-state index in [1.54, 1.807) is 31.2 Å². The highest BCUT2D eigenvalue weighted by molar-refractivity contribution is 5.96. The number of amides is 1. The van der Waals surface area contributed by atoms with Crippen molar-refractivity contribution in [3.8, 4) is 0 Å². The summed E-state index contributed by atoms with van der Waals surface area (Å²) in [6.45, 7) is 3.51. The van der Waals surface area contributed by atoms with Gasteiger partial charge in [-0.2, -0.15) is 0 Å². The van der Waals surface area contributed by atoms with Crippen molar-refractivity contribution in [1.82, 2.24) is 0 Å². The van der Waals surface area contributed by atoms with Gasteiger partial charge in [-0.05, 0) is 43.7 Å². The number of carbonyl (C=O) groups is 1. The number of hydrogen-bond acceptors (Lipinski definition) is 2. The highest BCUT2D eigenvalue weighted by Gasteiger charge is 2.14. The van der Waals surface area contributed by atoms with Crippen LogP contribution in [0.4, 0.5) is 15.8 Å². The summed E-state index contributed by atoms with van der Waals surface area (Å²) in [6, 6.07) is 13.5. The molecule has 2 N–H and O–H groups in total. The minimum Gasteiger partial charge on any atom is -0.372 e. The molecule has 1 unspecified atom stereocenters. The molecule has 0 saturated heterocycles. The normalized spacial score (nSPS) is 11.8. The number of halogens is 1. The van der Waals surface area contributed by atoms with Crippen LogP contribution >= 0.6 is 0 Å². The first-order chi connectivity index (χ1) is 9.56. The van der Waals surface area contributed by atoms with Gasteiger partial charge in [0.15, 0.2) is 0 Å². The number of benzene rings is 2. The second-order valence-electron chi connectivity index (χ2n) is 4.70. The maximum absolute atomic E-state index is 13.7. The predicted molar refractivity (Wildman–Crippen MR) is 79.3 cm³/mol. The van der Waals surface area contributed by atoms with E-state index in [1.807, 2.05) is 25.1 Å². The Labute approximate surface area is 117 Å². The number of nitrogens with one attached hydrogen (secondary N) is 2. The second-order valence-corrected chi connectivity index (χ2v) is 4.70. The number of anilines is 2. The van der Waals surface area contributed by atoms with Crippen LogP contribution in [0.15, 0.2) is 48.5 Å². The minimum absolute atomic E-state index is 0.212. The van der Waals surface area contributed by atoms with Crippen molar-refractivity contribution in [2.45, 2.75) is 19.9 Å². The van der Waals surface area contributed by atoms with E-state index in [4.69, 9.17) is 0 Å². The standard InChI is InChI=1S/C16H17FN2O/c1-11-8-9-15(14(17)10-11)18-12(2)16(20)19-13-6-4-3-5-7-13/h3-10,12,18H,1-2H3,(H,19,20). The Balaban J connectivity index is 2.00. The molecule has 4 heteroatoms. The van der Waals surface area contributed by atoms with Crippen LogP contribution in [0, 0.1) is 12.7 Å². The Bertz CT molecular complexity index is 599. The zero-order chi connectivity index (χ0) is 14.5. The first-order valence-electron chi connectivity index (χ1n) is 6.45. The summed E-state index contributed by atoms with van der Waals surface area (Å²) in [7, 11) is 0. The van der Waals surface area contributed by atoms with Gasteiger partial charge in [0.2, 0.25) is 5.91 Å². The van der Waals surface area contributed by atoms with Crippen molar-refractivity contribution in [1.29, 1.82) is 0 Å². The van der Waals surface area contributed by atoms with Crippen LogP contribution in [-0.4, -0.2) is 11.9 Å². The van der Waals surface area contributed by atoms with Crippen molar-refractivity contribution >= 4 is 17.3 Å². The molecule has 1 atom stereocenters. The molecule has 0 radical (unpaired) electrons. The third kappa shape index (κ3) is 3.57. The van der Waals surface area contributed by atoms with E-state index in [0.717, 1.165) is 11.3 Å². The SMILES string of the molecule is Cc1ccc(NC(C)C(=O)Nc2ccccc2)c(F)c1. The lowest BCUT2D eigenvalue weighted by Crippen LogP contribution is -2.32. The van der Waals surface area contributed by atoms with Crippen LogP contribution in [0.5, 0.6) is 0 Å². The van der Waals surface area contributed by atoms with Crippen molar-refractivity contribution in [2.75, 3.05) is 10.6 Å². The van der Waals surface area contributed by atoms with E-state index in [-0.39, 0.29) is 11.7 Å². The summed E-state index contributed by atoms with van der Waals surface area (Å²) >= 11 is 0. The molecule has 0 aliphatic carbocycles. The van der Waals surface area contributed by atoms with Crippen molar-refractivity contribution in [3.63, 3.8) is 0 Å². The highest BCUT2D eigenvalue weighted by Crippen LogP contribution is 2.16. The number of carbonyl (C=O) groups excluding carboxylic acids is 1. The van der Waals surface area contributed by atoms with Crippen molar-refractivity contribution < 1.29 is 9.18 Å². The zero-order valence-electron chi connectivity index (χ0n) is 11.5. The average Bonchev–Trinajstić information content (AvgIpc) is 2.43. The highest BCUT2D eigenvalue weighted by atomic mass is 19.1. The molecule has 0 aliphatic rings. The zero-order valence-corrected chi connectivity index (χ0v) is 11.5. The molecule has 2 aromatic carbocycles. The number of aryl methyl sites for hydroxylation is 1. The van der Waals surface area contributed by atoms with Gasteiger partial charge in [-0.15, -0.1) is 0 Å². The monoisotopic (exact) mass is 272 g/mol. The second kappa shape index (κ2) is 6.19. The van der Waals surface area contributed by atoms with Gasteiger partial charge in [0.25, 0.3) is 0 Å². The largest absolute Gasteiger partial charge is 0.372 e. The molecule has 0 bridgehead atoms. The van der Waals surface area contributed by atoms with E-state index in [1.165, 1.54) is 6.07 Å². The van der Waals surface area contributed by atoms with Crippen LogP contribution in [0.25, 0.3) is 0 Å². The average molecular weight is 272 g/mol. The third-order valence-electron chi connectivity index (χ3n) is 2.93. The molecular weight excluding hydrogens is 255 g/mol. The molecule has 0 aliphatic heterocycles. The van der Waals surface area contributed by atoms with E-state index in [2.05, 4.69) is 10.6 Å². The first-order valence-corrected chi connectivity index (χ1v) is 6.45. The van der Waals surface area contributed by atoms with Crippen LogP contribution in [0.1, 0.15) is 12.5 Å². The van der Waals surface area contributed by atoms with Gasteiger partial charge in [-0.1, -0.05) is 24.3 Å². The summed E-state index contributed by atoms with van der Waals surface area (Å²) in [5, 5.41) is 5.64. The maximum atomic E-state index is 13.7. The quantitative estimate of drug-likeness (QED) is 0.893. The van der Waals surface area contributed by atoms with Crippen LogP contribution in [-0.2, 0) is 4.79 Å². The molecule has 0 fully saturated rings. The minimum atomic E-state index is -0.535. The molecule has 0 saturated carbocycles. The Hall–Kier alpha value is -2.36. The molecule has 3 nitrogen and oxygen atoms in total. The van der Waals surface area contributed by atoms with Gasteiger partial charge < -0.3 is 10.6 Å². The fourth-order valence-electron chi connectivity index (χ4n) is 1.81. The summed E-state index contributed by atoms with van der Waals surface area (Å²) in [4.78, 5) is 12.0. The molecular formula is C16H17FN2O. The maximum Gasteiger partial charge on any atom is 0.246 e. The summed E-state index contributed by atoms with van der Waals surface area (Å²) in [5.74, 6) is -0.569. The van der Waals surface area contributed by atoms with E-state index >= 15 is 0 Å². The van der Waals surface area contributed by atoms with Crippen molar-refractivity contribution in [3.05, 3.63) is 59.9 Å². The molecule has 104 valence electrons. The molecule has 2 rings (SSSR count). The Morgan fingerprint density at radius 2 is 1.85 bits per heavy atom. The van der Waals surface area contributed by atoms with Gasteiger partial charge >= 0.3 is 0 Å². The fourth-order valence-corrected chi connectivity index (χ4v) is 1.81. The molecule has 2 aromatic rings. The molecule has 20 heavy (non-hydrogen) atoms. The van der Waals surface area contributed by atoms with Crippen LogP contribution in [0.2, 0.25) is 0 Å². The summed E-state index contributed by atoms with van der Waals surface area (Å²) in [6.07, 6.45) is 0. The number of hydrogen-bond donors (Lipinski definition) is 2. The Morgan fingerprint density at radius 3 is 2.50 bits per heavy atom. The summed E-state index contributed by atoms with van der Waals surface area (Å²) < 4.78 is 13.7. The van der Waals surface area contributed by atoms with Gasteiger partial charge in [-0.25, -0.2) is 4.39 Å². The van der Waals surface area contributed by atoms with E-state index in [0.29, 0.717) is 5.69 Å². The van der Waals surface area contributed by atoms with E-state index in [9.17, 15) is 9.18 Å². The topological polar surface area (TPSA) is 41.1 Å². The number of rotatable bonds is 4. The van der Waals surface area contributed by atoms with Crippen LogP contribution in [0.3, 0.4) is 0 Å². The molecule has 0 spiro atoms. The van der Waals surface area contributed by atoms with E-state index < -0.39 is 6.04 Å². The molecule has 0 heterocycles. The van der Waals surface area contributed by atoms with Crippen molar-refractivity contribution in [2.24, 2.45) is 0 Å². The lowest BCUT2D eigenvalue weighted by atomic mass is 10.2. The predicted octanol–water partition coefficient (Wildman–Crippen LogP) is 3.57. The van der Waals surface area contributed by atoms with Gasteiger partial charge in [-0.3, -0.25) is 4.79 Å². The Kier molecular flexibility index (Phi) is 4.35. The Morgan fingerprint density at radius 1 is 1.15 bits per heavy atom. The van der Waals surface area contributed by atoms with Gasteiger partial charge in [0.1, 0.15) is 11.9 Å². The summed E-state index contributed by atoms with van der Waals surface area (Å²) in [5.41, 5.74) is 1.89. The van der Waals surface area contributed by atoms with Gasteiger partial charge in [0, 0.05) is 5.69 Å². The van der Waals surface area contributed by atoms with Crippen LogP contribution < -0.4 is 10.6 Å².